The summed E-state index contributed by atoms with van der Waals surface area (Å²) in [6.07, 6.45) is 6.25. The van der Waals surface area contributed by atoms with Crippen molar-refractivity contribution in [3.05, 3.63) is 284 Å². The second kappa shape index (κ2) is 95.3. The highest BCUT2D eigenvalue weighted by Crippen LogP contribution is 2.23. The summed E-state index contributed by atoms with van der Waals surface area (Å²) in [5, 5.41) is 25.6. The van der Waals surface area contributed by atoms with Gasteiger partial charge in [0.05, 0.1) is 0 Å². The van der Waals surface area contributed by atoms with Crippen LogP contribution in [0.4, 0.5) is 0 Å². The fraction of sp³-hybridized carbons (Fsp3) is 0.486. The highest BCUT2D eigenvalue weighted by atomic mass is 15.4. The number of hydrogen-bond acceptors (Lipinski definition) is 9. The molecule has 0 aliphatic heterocycles. The third-order valence-electron chi connectivity index (χ3n) is 13.4. The van der Waals surface area contributed by atoms with E-state index >= 15 is 0 Å². The Balaban J connectivity index is -0.000000105. The summed E-state index contributed by atoms with van der Waals surface area (Å²) in [6.45, 7) is 85.8. The third kappa shape index (κ3) is 94.3. The number of hydrazone groups is 3. The van der Waals surface area contributed by atoms with Crippen molar-refractivity contribution in [2.45, 2.75) is 291 Å². The lowest BCUT2D eigenvalue weighted by Gasteiger charge is -2.03. The van der Waals surface area contributed by atoms with Crippen LogP contribution in [0.15, 0.2) is 233 Å². The van der Waals surface area contributed by atoms with Crippen LogP contribution in [0, 0.1) is 83.1 Å². The second-order valence-corrected chi connectivity index (χ2v) is 28.4. The van der Waals surface area contributed by atoms with Gasteiger partial charge in [0.2, 0.25) is 0 Å². The van der Waals surface area contributed by atoms with Crippen molar-refractivity contribution >= 4 is 49.5 Å². The normalized spacial score (nSPS) is 8.25. The van der Waals surface area contributed by atoms with E-state index in [2.05, 4.69) is 341 Å². The summed E-state index contributed by atoms with van der Waals surface area (Å²) in [4.78, 5) is 6.11. The van der Waals surface area contributed by atoms with Crippen LogP contribution < -0.4 is 0 Å². The average molecular weight is 1660 g/mol. The van der Waals surface area contributed by atoms with Crippen molar-refractivity contribution in [1.29, 1.82) is 0 Å². The Kier molecular flexibility index (Phi) is 109. The van der Waals surface area contributed by atoms with Crippen LogP contribution in [-0.2, 0) is 0 Å². The standard InChI is InChI=1S/3C12H12.3C8H10.3C6H13N.3C5H12N2.9C2H6/c1-9-3-5-12-8-10(2)4-6-11(12)7-9;2*1-9-7-8-10(2)12-6-4-3-5-11(9)12;1-7-3-5-8(2)6-4-7;1-7-4-3-5-8(2)6-7;1-7-5-3-4-6-8(7)2;3*1-6(2)5-7(3)4;3*1-5(2)6-7(3)4;9*1-2/h3*3-8H,1-2H3;3*3-6H,1-2H3;3*5H,1-4H3;3*1-4H3;9*1-2H3. The fourth-order valence-corrected chi connectivity index (χ4v) is 9.54. The maximum Gasteiger partial charge on any atom is 0.0318 e. The van der Waals surface area contributed by atoms with E-state index in [1.165, 1.54) is 116 Å². The molecule has 120 heavy (non-hydrogen) atoms. The number of benzene rings is 9. The topological polar surface area (TPSA) is 56.5 Å². The van der Waals surface area contributed by atoms with Crippen molar-refractivity contribution in [3.63, 3.8) is 0 Å². The molecule has 9 heteroatoms. The highest BCUT2D eigenvalue weighted by molar-refractivity contribution is 5.89. The lowest BCUT2D eigenvalue weighted by molar-refractivity contribution is 0.437. The summed E-state index contributed by atoms with van der Waals surface area (Å²) in [7, 11) is 23.6. The van der Waals surface area contributed by atoms with E-state index in [1.807, 2.05) is 265 Å². The molecule has 0 spiro atoms. The summed E-state index contributed by atoms with van der Waals surface area (Å²) < 4.78 is 0. The van der Waals surface area contributed by atoms with Gasteiger partial charge < -0.3 is 29.7 Å². The molecule has 0 aliphatic carbocycles. The van der Waals surface area contributed by atoms with Crippen LogP contribution in [0.1, 0.15) is 274 Å². The van der Waals surface area contributed by atoms with Crippen LogP contribution in [0.5, 0.6) is 0 Å². The Hall–Kier alpha value is -9.21. The molecule has 0 aliphatic rings. The third-order valence-corrected chi connectivity index (χ3v) is 13.4. The van der Waals surface area contributed by atoms with E-state index in [0.717, 1.165) is 17.1 Å². The Morgan fingerprint density at radius 3 is 0.517 bits per heavy atom. The molecule has 0 bridgehead atoms. The number of fused-ring (bicyclic) bond motifs is 3. The number of rotatable bonds is 6. The minimum atomic E-state index is 1.09. The van der Waals surface area contributed by atoms with E-state index < -0.39 is 0 Å². The Morgan fingerprint density at radius 2 is 0.383 bits per heavy atom. The molecule has 9 aromatic rings. The molecule has 0 N–H and O–H groups in total. The molecule has 0 saturated carbocycles. The minimum Gasteiger partial charge on any atom is -0.384 e. The minimum absolute atomic E-state index is 1.09. The van der Waals surface area contributed by atoms with E-state index in [9.17, 15) is 0 Å². The molecular formula is C111H195N9. The molecule has 0 atom stereocenters. The van der Waals surface area contributed by atoms with E-state index in [4.69, 9.17) is 0 Å². The Morgan fingerprint density at radius 1 is 0.200 bits per heavy atom. The Bertz CT molecular complexity index is 3470. The van der Waals surface area contributed by atoms with Gasteiger partial charge in [-0.25, -0.2) is 0 Å². The van der Waals surface area contributed by atoms with Gasteiger partial charge in [-0.2, -0.15) is 15.3 Å². The summed E-state index contributed by atoms with van der Waals surface area (Å²) in [6, 6.07) is 64.2. The van der Waals surface area contributed by atoms with Crippen molar-refractivity contribution in [2.75, 3.05) is 84.6 Å². The van der Waals surface area contributed by atoms with Gasteiger partial charge in [0.1, 0.15) is 0 Å². The largest absolute Gasteiger partial charge is 0.384 e. The van der Waals surface area contributed by atoms with Gasteiger partial charge in [-0.1, -0.05) is 357 Å². The molecule has 684 valence electrons. The van der Waals surface area contributed by atoms with E-state index in [1.54, 1.807) is 15.0 Å². The predicted molar refractivity (Wildman–Crippen MR) is 567 cm³/mol. The van der Waals surface area contributed by atoms with Crippen LogP contribution in [0.25, 0.3) is 32.3 Å². The molecule has 9 aromatic carbocycles. The smallest absolute Gasteiger partial charge is 0.0318 e. The predicted octanol–water partition coefficient (Wildman–Crippen LogP) is 33.8. The van der Waals surface area contributed by atoms with Crippen LogP contribution in [0.2, 0.25) is 0 Å². The summed E-state index contributed by atoms with van der Waals surface area (Å²) >= 11 is 0. The molecule has 0 radical (unpaired) electrons. The van der Waals surface area contributed by atoms with Gasteiger partial charge in [0, 0.05) is 102 Å². The first-order valence-corrected chi connectivity index (χ1v) is 44.5. The van der Waals surface area contributed by atoms with Gasteiger partial charge >= 0.3 is 0 Å². The number of hydrogen-bond donors (Lipinski definition) is 0. The molecule has 0 saturated heterocycles. The molecule has 0 fully saturated rings. The Labute approximate surface area is 749 Å². The first kappa shape index (κ1) is 137. The van der Waals surface area contributed by atoms with E-state index in [0.29, 0.717) is 0 Å². The van der Waals surface area contributed by atoms with Crippen molar-refractivity contribution in [3.8, 4) is 0 Å². The molecule has 0 aromatic heterocycles. The highest BCUT2D eigenvalue weighted by Gasteiger charge is 1.99. The molecule has 9 nitrogen and oxygen atoms in total. The van der Waals surface area contributed by atoms with Crippen molar-refractivity contribution in [2.24, 2.45) is 15.3 Å². The maximum atomic E-state index is 4.03. The van der Waals surface area contributed by atoms with Gasteiger partial charge in [0.25, 0.3) is 0 Å². The van der Waals surface area contributed by atoms with Crippen LogP contribution in [-0.4, -0.2) is 131 Å². The zero-order valence-corrected chi connectivity index (χ0v) is 89.1. The molecular weight excluding hydrogens is 1460 g/mol. The van der Waals surface area contributed by atoms with Crippen molar-refractivity contribution in [1.82, 2.24) is 29.7 Å². The van der Waals surface area contributed by atoms with Crippen LogP contribution >= 0.6 is 0 Å². The second-order valence-electron chi connectivity index (χ2n) is 28.4. The first-order chi connectivity index (χ1) is 56.5. The molecule has 0 unspecified atom stereocenters. The number of nitrogens with zero attached hydrogens (tertiary/aromatic N) is 9. The van der Waals surface area contributed by atoms with E-state index in [-0.39, 0.29) is 0 Å². The number of aryl methyl sites for hydroxylation is 12. The lowest BCUT2D eigenvalue weighted by Crippen LogP contribution is -2.03. The average Bonchev–Trinajstić information content (AvgIpc) is 0.832. The lowest BCUT2D eigenvalue weighted by atomic mass is 10.0. The first-order valence-electron chi connectivity index (χ1n) is 44.5. The van der Waals surface area contributed by atoms with Gasteiger partial charge in [-0.15, -0.1) is 0 Å². The fourth-order valence-electron chi connectivity index (χ4n) is 9.54. The van der Waals surface area contributed by atoms with Crippen molar-refractivity contribution < 1.29 is 0 Å². The summed E-state index contributed by atoms with van der Waals surface area (Å²) in [5.74, 6) is 0. The zero-order valence-electron chi connectivity index (χ0n) is 89.1. The molecule has 9 rings (SSSR count). The molecule has 0 amide bonds. The quantitative estimate of drug-likeness (QED) is 0.122. The van der Waals surface area contributed by atoms with Crippen LogP contribution in [0.3, 0.4) is 0 Å². The zero-order chi connectivity index (χ0) is 96.8. The summed E-state index contributed by atoms with van der Waals surface area (Å²) in [5.41, 5.74) is 23.4. The van der Waals surface area contributed by atoms with Gasteiger partial charge in [-0.3, -0.25) is 0 Å². The maximum absolute atomic E-state index is 4.03. The number of allylic oxidation sites excluding steroid dienone is 3. The van der Waals surface area contributed by atoms with Gasteiger partial charge in [0.15, 0.2) is 0 Å². The van der Waals surface area contributed by atoms with Gasteiger partial charge in [-0.05, 0) is 250 Å². The molecule has 0 heterocycles. The SMILES string of the molecule is CC.CC.CC.CC.CC.CC.CC.CC.CC.CC(C)=CN(C)C.CC(C)=CN(C)C.CC(C)=CN(C)C.CC(C)=NN(C)C.CC(C)=NN(C)C.CC(C)=NN(C)C.Cc1ccc(C)c2ccccc12.Cc1ccc(C)c2ccccc12.Cc1ccc(C)cc1.Cc1ccc2cc(C)ccc2c1.Cc1cccc(C)c1.Cc1ccccc1C. The monoisotopic (exact) mass is 1650 g/mol.